The highest BCUT2D eigenvalue weighted by atomic mass is 16.8. The first kappa shape index (κ1) is 17.3. The molecule has 21 heavy (non-hydrogen) atoms. The van der Waals surface area contributed by atoms with Crippen LogP contribution in [0.4, 0.5) is 0 Å². The van der Waals surface area contributed by atoms with Crippen molar-refractivity contribution >= 4 is 0 Å². The van der Waals surface area contributed by atoms with Gasteiger partial charge < -0.3 is 9.47 Å². The van der Waals surface area contributed by atoms with Crippen LogP contribution in [0.1, 0.15) is 74.1 Å². The van der Waals surface area contributed by atoms with Crippen molar-refractivity contribution < 1.29 is 9.47 Å². The van der Waals surface area contributed by atoms with Crippen LogP contribution in [-0.2, 0) is 9.47 Å². The third-order valence-electron chi connectivity index (χ3n) is 6.41. The first-order chi connectivity index (χ1) is 9.69. The molecule has 3 atom stereocenters. The molecule has 0 radical (unpaired) electrons. The fourth-order valence-corrected chi connectivity index (χ4v) is 4.08. The summed E-state index contributed by atoms with van der Waals surface area (Å²) in [6.45, 7) is 17.4. The predicted molar refractivity (Wildman–Crippen MR) is 88.1 cm³/mol. The van der Waals surface area contributed by atoms with Gasteiger partial charge in [-0.2, -0.15) is 0 Å². The van der Waals surface area contributed by atoms with Crippen molar-refractivity contribution in [2.45, 2.75) is 86.5 Å². The van der Waals surface area contributed by atoms with Gasteiger partial charge in [0, 0.05) is 6.61 Å². The van der Waals surface area contributed by atoms with Gasteiger partial charge in [-0.05, 0) is 54.3 Å². The molecule has 2 rings (SSSR count). The Morgan fingerprint density at radius 2 is 1.86 bits per heavy atom. The summed E-state index contributed by atoms with van der Waals surface area (Å²) < 4.78 is 11.5. The lowest BCUT2D eigenvalue weighted by Gasteiger charge is -2.51. The van der Waals surface area contributed by atoms with Gasteiger partial charge in [0.2, 0.25) is 0 Å². The first-order valence-corrected chi connectivity index (χ1v) is 8.96. The van der Waals surface area contributed by atoms with E-state index in [2.05, 4.69) is 48.5 Å². The molecular weight excluding hydrogens is 260 g/mol. The molecule has 1 saturated carbocycles. The van der Waals surface area contributed by atoms with E-state index >= 15 is 0 Å². The maximum atomic E-state index is 5.76. The topological polar surface area (TPSA) is 21.8 Å². The highest BCUT2D eigenvalue weighted by Gasteiger charge is 2.51. The van der Waals surface area contributed by atoms with Crippen molar-refractivity contribution in [1.29, 1.82) is 0 Å². The molecular formula is C19H36O2. The lowest BCUT2D eigenvalue weighted by Crippen LogP contribution is -2.42. The van der Waals surface area contributed by atoms with Crippen LogP contribution >= 0.6 is 0 Å². The van der Waals surface area contributed by atoms with E-state index in [-0.39, 0.29) is 6.29 Å². The van der Waals surface area contributed by atoms with Gasteiger partial charge in [-0.3, -0.25) is 0 Å². The van der Waals surface area contributed by atoms with Crippen molar-refractivity contribution in [2.75, 3.05) is 6.61 Å². The van der Waals surface area contributed by atoms with Gasteiger partial charge in [-0.15, -0.1) is 0 Å². The van der Waals surface area contributed by atoms with Crippen LogP contribution in [0.5, 0.6) is 0 Å². The monoisotopic (exact) mass is 296 g/mol. The van der Waals surface area contributed by atoms with E-state index in [1.807, 2.05) is 0 Å². The Kier molecular flexibility index (Phi) is 5.10. The van der Waals surface area contributed by atoms with E-state index in [1.165, 1.54) is 19.3 Å². The Balaban J connectivity index is 1.78. The summed E-state index contributed by atoms with van der Waals surface area (Å²) in [5.74, 6) is 2.29. The van der Waals surface area contributed by atoms with Crippen molar-refractivity contribution in [2.24, 2.45) is 28.6 Å². The first-order valence-electron chi connectivity index (χ1n) is 8.96. The second-order valence-electron chi connectivity index (χ2n) is 8.90. The number of rotatable bonds is 8. The second kappa shape index (κ2) is 6.20. The lowest BCUT2D eigenvalue weighted by atomic mass is 9.54. The van der Waals surface area contributed by atoms with Gasteiger partial charge >= 0.3 is 0 Å². The summed E-state index contributed by atoms with van der Waals surface area (Å²) in [5, 5.41) is 0. The molecule has 0 amide bonds. The molecule has 3 unspecified atom stereocenters. The van der Waals surface area contributed by atoms with E-state index in [9.17, 15) is 0 Å². The molecule has 0 spiro atoms. The normalized spacial score (nSPS) is 37.4. The summed E-state index contributed by atoms with van der Waals surface area (Å²) >= 11 is 0. The quantitative estimate of drug-likeness (QED) is 0.570. The van der Waals surface area contributed by atoms with E-state index in [1.54, 1.807) is 0 Å². The van der Waals surface area contributed by atoms with Gasteiger partial charge in [0.15, 0.2) is 6.29 Å². The van der Waals surface area contributed by atoms with Crippen LogP contribution in [-0.4, -0.2) is 19.0 Å². The molecule has 0 aromatic rings. The minimum Gasteiger partial charge on any atom is -0.350 e. The van der Waals surface area contributed by atoms with Gasteiger partial charge in [0.1, 0.15) is 6.10 Å². The maximum absolute atomic E-state index is 5.76. The summed E-state index contributed by atoms with van der Waals surface area (Å²) in [5.41, 5.74) is 0.935. The largest absolute Gasteiger partial charge is 0.350 e. The fraction of sp³-hybridized carbons (Fsp3) is 1.00. The van der Waals surface area contributed by atoms with Crippen molar-refractivity contribution in [3.05, 3.63) is 0 Å². The maximum Gasteiger partial charge on any atom is 0.184 e. The Bertz CT molecular complexity index is 341. The van der Waals surface area contributed by atoms with Gasteiger partial charge in [-0.25, -0.2) is 0 Å². The zero-order chi connectivity index (χ0) is 15.8. The van der Waals surface area contributed by atoms with Crippen LogP contribution in [0.25, 0.3) is 0 Å². The summed E-state index contributed by atoms with van der Waals surface area (Å²) in [6.07, 6.45) is 5.60. The summed E-state index contributed by atoms with van der Waals surface area (Å²) in [6, 6.07) is 0. The Morgan fingerprint density at radius 3 is 2.38 bits per heavy atom. The van der Waals surface area contributed by atoms with Crippen LogP contribution < -0.4 is 0 Å². The highest BCUT2D eigenvalue weighted by Crippen LogP contribution is 2.55. The highest BCUT2D eigenvalue weighted by molar-refractivity contribution is 4.97. The molecule has 0 aromatic heterocycles. The van der Waals surface area contributed by atoms with Gasteiger partial charge in [0.25, 0.3) is 0 Å². The molecule has 0 N–H and O–H groups in total. The second-order valence-corrected chi connectivity index (χ2v) is 8.90. The van der Waals surface area contributed by atoms with Crippen LogP contribution in [0, 0.1) is 28.6 Å². The third-order valence-corrected chi connectivity index (χ3v) is 6.41. The Hall–Kier alpha value is -0.0800. The molecule has 2 nitrogen and oxygen atoms in total. The van der Waals surface area contributed by atoms with Crippen LogP contribution in [0.2, 0.25) is 0 Å². The standard InChI is InChI=1S/C19H36O2/c1-8-9-20-17-16(21-17)14(4)18(5,6)10-15-11-19(7,12-15)13(2)3/h13-17H,8-12H2,1-7H3. The Morgan fingerprint density at radius 1 is 1.24 bits per heavy atom. The number of ether oxygens (including phenoxy) is 2. The molecule has 124 valence electrons. The molecule has 0 aromatic carbocycles. The van der Waals surface area contributed by atoms with Crippen LogP contribution in [0.15, 0.2) is 0 Å². The SMILES string of the molecule is CCCOC1OC1C(C)C(C)(C)CC1CC(C)(C(C)C)C1. The molecule has 1 saturated heterocycles. The van der Waals surface area contributed by atoms with E-state index < -0.39 is 0 Å². The zero-order valence-electron chi connectivity index (χ0n) is 15.2. The van der Waals surface area contributed by atoms with E-state index in [4.69, 9.17) is 9.47 Å². The predicted octanol–water partition coefficient (Wildman–Crippen LogP) is 5.26. The lowest BCUT2D eigenvalue weighted by molar-refractivity contribution is -0.0101. The Labute approximate surface area is 132 Å². The van der Waals surface area contributed by atoms with Gasteiger partial charge in [-0.1, -0.05) is 48.5 Å². The van der Waals surface area contributed by atoms with E-state index in [0.29, 0.717) is 22.9 Å². The summed E-state index contributed by atoms with van der Waals surface area (Å²) in [4.78, 5) is 0. The number of hydrogen-bond donors (Lipinski definition) is 0. The fourth-order valence-electron chi connectivity index (χ4n) is 4.08. The van der Waals surface area contributed by atoms with Gasteiger partial charge in [0.05, 0.1) is 0 Å². The van der Waals surface area contributed by atoms with Crippen molar-refractivity contribution in [1.82, 2.24) is 0 Å². The number of hydrogen-bond acceptors (Lipinski definition) is 2. The zero-order valence-corrected chi connectivity index (χ0v) is 15.2. The summed E-state index contributed by atoms with van der Waals surface area (Å²) in [7, 11) is 0. The molecule has 1 aliphatic carbocycles. The molecule has 2 heteroatoms. The number of epoxide rings is 1. The third kappa shape index (κ3) is 3.82. The van der Waals surface area contributed by atoms with Crippen molar-refractivity contribution in [3.8, 4) is 0 Å². The molecule has 2 fully saturated rings. The molecule has 2 aliphatic rings. The van der Waals surface area contributed by atoms with Crippen LogP contribution in [0.3, 0.4) is 0 Å². The molecule has 1 aliphatic heterocycles. The minimum absolute atomic E-state index is 0.0709. The average molecular weight is 296 g/mol. The van der Waals surface area contributed by atoms with Crippen molar-refractivity contribution in [3.63, 3.8) is 0 Å². The molecule has 0 bridgehead atoms. The molecule has 1 heterocycles. The van der Waals surface area contributed by atoms with E-state index in [0.717, 1.165) is 24.9 Å². The minimum atomic E-state index is 0.0709. The average Bonchev–Trinajstić information content (AvgIpc) is 3.12. The smallest absolute Gasteiger partial charge is 0.184 e.